The first-order valence-corrected chi connectivity index (χ1v) is 10.3. The molecule has 0 amide bonds. The lowest BCUT2D eigenvalue weighted by Crippen LogP contribution is -2.22. The molecule has 0 radical (unpaired) electrons. The van der Waals surface area contributed by atoms with Crippen molar-refractivity contribution in [3.05, 3.63) is 64.9 Å². The van der Waals surface area contributed by atoms with Gasteiger partial charge in [-0.05, 0) is 81.3 Å². The third-order valence-electron chi connectivity index (χ3n) is 3.75. The van der Waals surface area contributed by atoms with Gasteiger partial charge in [-0.3, -0.25) is 4.79 Å². The molecule has 0 fully saturated rings. The van der Waals surface area contributed by atoms with Crippen LogP contribution < -0.4 is 14.8 Å². The van der Waals surface area contributed by atoms with Gasteiger partial charge in [0.25, 0.3) is 5.56 Å². The highest BCUT2D eigenvalue weighted by Gasteiger charge is 2.12. The van der Waals surface area contributed by atoms with E-state index in [1.165, 1.54) is 11.3 Å². The van der Waals surface area contributed by atoms with Gasteiger partial charge >= 0.3 is 0 Å². The van der Waals surface area contributed by atoms with E-state index < -0.39 is 0 Å². The predicted molar refractivity (Wildman–Crippen MR) is 114 cm³/mol. The number of ether oxygens (including phenoxy) is 1. The third kappa shape index (κ3) is 2.98. The number of nitrogens with zero attached hydrogens (tertiary/aromatic N) is 2. The van der Waals surface area contributed by atoms with E-state index in [2.05, 4.69) is 43.5 Å². The summed E-state index contributed by atoms with van der Waals surface area (Å²) in [4.78, 5) is 18.1. The fourth-order valence-corrected chi connectivity index (χ4v) is 5.46. The van der Waals surface area contributed by atoms with Crippen LogP contribution in [0.3, 0.4) is 0 Å². The molecule has 2 aromatic carbocycles. The zero-order chi connectivity index (χ0) is 17.6. The van der Waals surface area contributed by atoms with Crippen molar-refractivity contribution in [1.82, 2.24) is 9.38 Å². The highest BCUT2D eigenvalue weighted by Crippen LogP contribution is 2.32. The Morgan fingerprint density at radius 1 is 1.36 bits per heavy atom. The van der Waals surface area contributed by atoms with Crippen LogP contribution in [0, 0.1) is 3.57 Å². The molecular weight excluding hydrogens is 515 g/mol. The summed E-state index contributed by atoms with van der Waals surface area (Å²) in [6.45, 7) is 2.57. The summed E-state index contributed by atoms with van der Waals surface area (Å²) in [6, 6.07) is 11.7. The third-order valence-corrected chi connectivity index (χ3v) is 6.11. The number of halogens is 2. The van der Waals surface area contributed by atoms with Crippen LogP contribution in [-0.4, -0.2) is 16.0 Å². The van der Waals surface area contributed by atoms with E-state index in [-0.39, 0.29) is 5.56 Å². The largest absolute Gasteiger partial charge is 0.492 e. The molecule has 2 aromatic heterocycles. The second-order valence-electron chi connectivity index (χ2n) is 5.38. The van der Waals surface area contributed by atoms with Crippen LogP contribution in [0.15, 0.2) is 45.7 Å². The molecule has 0 spiro atoms. The molecule has 126 valence electrons. The summed E-state index contributed by atoms with van der Waals surface area (Å²) in [6.07, 6.45) is 1.90. The van der Waals surface area contributed by atoms with E-state index in [4.69, 9.17) is 4.74 Å². The van der Waals surface area contributed by atoms with Crippen LogP contribution in [0.2, 0.25) is 0 Å². The van der Waals surface area contributed by atoms with Gasteiger partial charge in [-0.1, -0.05) is 23.5 Å². The molecular formula is C18H12BrIN2O2S. The molecule has 0 saturated carbocycles. The normalized spacial score (nSPS) is 12.4. The fourth-order valence-electron chi connectivity index (χ4n) is 2.71. The first-order valence-electron chi connectivity index (χ1n) is 7.62. The smallest absolute Gasteiger partial charge is 0.274 e. The Labute approximate surface area is 169 Å². The number of benzene rings is 2. The Bertz CT molecular complexity index is 1190. The number of hydrogen-bond acceptors (Lipinski definition) is 4. The van der Waals surface area contributed by atoms with Crippen molar-refractivity contribution in [3.63, 3.8) is 0 Å². The summed E-state index contributed by atoms with van der Waals surface area (Å²) in [7, 11) is 0. The Hall–Kier alpha value is -1.45. The molecule has 0 N–H and O–H groups in total. The number of para-hydroxylation sites is 2. The van der Waals surface area contributed by atoms with Crippen molar-refractivity contribution in [2.75, 3.05) is 6.61 Å². The maximum atomic E-state index is 12.8. The number of imidazole rings is 1. The summed E-state index contributed by atoms with van der Waals surface area (Å²) in [5, 5.41) is 0. The van der Waals surface area contributed by atoms with Crippen molar-refractivity contribution in [2.45, 2.75) is 6.92 Å². The maximum absolute atomic E-state index is 12.8. The van der Waals surface area contributed by atoms with Crippen molar-refractivity contribution in [1.29, 1.82) is 0 Å². The Morgan fingerprint density at radius 3 is 2.92 bits per heavy atom. The van der Waals surface area contributed by atoms with E-state index in [0.717, 1.165) is 35.4 Å². The van der Waals surface area contributed by atoms with Gasteiger partial charge < -0.3 is 4.74 Å². The zero-order valence-electron chi connectivity index (χ0n) is 13.1. The SMILES string of the molecule is CCOc1c(Br)cc(/C=c2\sc3nc4ccccc4n3c2=O)cc1I. The standard InChI is InChI=1S/C18H12BrIN2O2S/c1-2-24-16-11(19)7-10(8-12(16)20)9-15-17(23)22-14-6-4-3-5-13(14)21-18(22)25-15/h3-9H,2H2,1H3/b15-9-. The minimum Gasteiger partial charge on any atom is -0.492 e. The van der Waals surface area contributed by atoms with Crippen molar-refractivity contribution in [2.24, 2.45) is 0 Å². The second kappa shape index (κ2) is 6.69. The van der Waals surface area contributed by atoms with Gasteiger partial charge in [-0.15, -0.1) is 0 Å². The minimum absolute atomic E-state index is 0.0336. The van der Waals surface area contributed by atoms with Gasteiger partial charge in [0.15, 0.2) is 4.96 Å². The topological polar surface area (TPSA) is 43.6 Å². The maximum Gasteiger partial charge on any atom is 0.274 e. The Morgan fingerprint density at radius 2 is 2.16 bits per heavy atom. The number of aromatic nitrogens is 2. The molecule has 2 heterocycles. The number of thiazole rings is 1. The van der Waals surface area contributed by atoms with Gasteiger partial charge in [0, 0.05) is 0 Å². The highest BCUT2D eigenvalue weighted by molar-refractivity contribution is 14.1. The van der Waals surface area contributed by atoms with Crippen molar-refractivity contribution < 1.29 is 4.74 Å². The molecule has 4 aromatic rings. The molecule has 4 rings (SSSR count). The molecule has 0 bridgehead atoms. The summed E-state index contributed by atoms with van der Waals surface area (Å²) in [5.74, 6) is 0.828. The minimum atomic E-state index is -0.0336. The van der Waals surface area contributed by atoms with Crippen LogP contribution in [0.25, 0.3) is 22.1 Å². The summed E-state index contributed by atoms with van der Waals surface area (Å²) in [5.41, 5.74) is 2.61. The molecule has 0 aliphatic carbocycles. The van der Waals surface area contributed by atoms with Crippen molar-refractivity contribution in [3.8, 4) is 5.75 Å². The van der Waals surface area contributed by atoms with Crippen LogP contribution in [-0.2, 0) is 0 Å². The Kier molecular flexibility index (Phi) is 4.55. The fraction of sp³-hybridized carbons (Fsp3) is 0.111. The zero-order valence-corrected chi connectivity index (χ0v) is 17.7. The molecule has 0 saturated heterocycles. The average molecular weight is 527 g/mol. The lowest BCUT2D eigenvalue weighted by Gasteiger charge is -2.09. The monoisotopic (exact) mass is 526 g/mol. The predicted octanol–water partition coefficient (Wildman–Crippen LogP) is 4.22. The Balaban J connectivity index is 1.90. The van der Waals surface area contributed by atoms with E-state index in [9.17, 15) is 4.79 Å². The van der Waals surface area contributed by atoms with Gasteiger partial charge in [-0.2, -0.15) is 0 Å². The van der Waals surface area contributed by atoms with Crippen LogP contribution in [0.1, 0.15) is 12.5 Å². The molecule has 25 heavy (non-hydrogen) atoms. The lowest BCUT2D eigenvalue weighted by atomic mass is 10.2. The van der Waals surface area contributed by atoms with E-state index >= 15 is 0 Å². The first kappa shape index (κ1) is 17.0. The molecule has 0 atom stereocenters. The van der Waals surface area contributed by atoms with E-state index in [0.29, 0.717) is 11.1 Å². The quantitative estimate of drug-likeness (QED) is 0.375. The van der Waals surface area contributed by atoms with Gasteiger partial charge in [0.1, 0.15) is 5.75 Å². The average Bonchev–Trinajstić information content (AvgIpc) is 3.08. The lowest BCUT2D eigenvalue weighted by molar-refractivity contribution is 0.335. The van der Waals surface area contributed by atoms with Crippen LogP contribution >= 0.6 is 49.9 Å². The molecule has 0 aliphatic rings. The number of fused-ring (bicyclic) bond motifs is 3. The van der Waals surface area contributed by atoms with Crippen molar-refractivity contribution >= 4 is 71.9 Å². The van der Waals surface area contributed by atoms with Gasteiger partial charge in [0.2, 0.25) is 0 Å². The van der Waals surface area contributed by atoms with Crippen LogP contribution in [0.4, 0.5) is 0 Å². The van der Waals surface area contributed by atoms with Gasteiger partial charge in [0.05, 0.1) is 30.2 Å². The highest BCUT2D eigenvalue weighted by atomic mass is 127. The first-order chi connectivity index (χ1) is 12.1. The summed E-state index contributed by atoms with van der Waals surface area (Å²) >= 11 is 7.20. The van der Waals surface area contributed by atoms with E-state index in [1.54, 1.807) is 4.40 Å². The van der Waals surface area contributed by atoms with E-state index in [1.807, 2.05) is 49.4 Å². The molecule has 0 aliphatic heterocycles. The number of rotatable bonds is 3. The molecule has 7 heteroatoms. The summed E-state index contributed by atoms with van der Waals surface area (Å²) < 4.78 is 9.87. The number of hydrogen-bond donors (Lipinski definition) is 0. The van der Waals surface area contributed by atoms with Gasteiger partial charge in [-0.25, -0.2) is 9.38 Å². The second-order valence-corrected chi connectivity index (χ2v) is 8.41. The van der Waals surface area contributed by atoms with Crippen LogP contribution in [0.5, 0.6) is 5.75 Å². The molecule has 0 unspecified atom stereocenters. The molecule has 4 nitrogen and oxygen atoms in total.